The molecule has 3 aromatic carbocycles. The maximum absolute atomic E-state index is 12.8. The summed E-state index contributed by atoms with van der Waals surface area (Å²) in [6, 6.07) is 23.6. The third-order valence-corrected chi connectivity index (χ3v) is 6.55. The number of carbonyl (C=O) groups excluding carboxylic acids is 2. The van der Waals surface area contributed by atoms with E-state index in [9.17, 15) is 9.59 Å². The molecule has 0 bridgehead atoms. The fraction of sp³-hybridized carbons (Fsp3) is 0.115. The molecule has 1 aliphatic rings. The lowest BCUT2D eigenvalue weighted by molar-refractivity contribution is -0.136. The predicted octanol–water partition coefficient (Wildman–Crippen LogP) is 5.77. The van der Waals surface area contributed by atoms with Gasteiger partial charge < -0.3 is 9.47 Å². The van der Waals surface area contributed by atoms with Gasteiger partial charge in [0.15, 0.2) is 6.61 Å². The lowest BCUT2D eigenvalue weighted by Gasteiger charge is -2.14. The van der Waals surface area contributed by atoms with E-state index in [0.29, 0.717) is 32.3 Å². The van der Waals surface area contributed by atoms with Crippen molar-refractivity contribution >= 4 is 57.9 Å². The molecule has 1 saturated heterocycles. The number of thioether (sulfide) groups is 1. The van der Waals surface area contributed by atoms with E-state index in [-0.39, 0.29) is 12.5 Å². The zero-order chi connectivity index (χ0) is 23.9. The van der Waals surface area contributed by atoms with Gasteiger partial charge in [0.2, 0.25) is 0 Å². The van der Waals surface area contributed by atoms with Crippen molar-refractivity contribution in [3.8, 4) is 11.5 Å². The van der Waals surface area contributed by atoms with Crippen molar-refractivity contribution < 1.29 is 19.1 Å². The molecule has 0 saturated carbocycles. The number of amides is 1. The molecule has 0 aromatic heterocycles. The first kappa shape index (κ1) is 24.0. The SMILES string of the molecule is O=C(COc1ccc(Cl)cc1)Oc1ccc(C=C2SC(=S)N(CCc3ccccc3)C2=O)cc1. The number of hydrogen-bond donors (Lipinski definition) is 0. The Morgan fingerprint density at radius 2 is 1.65 bits per heavy atom. The number of halogens is 1. The Morgan fingerprint density at radius 3 is 2.35 bits per heavy atom. The van der Waals surface area contributed by atoms with Gasteiger partial charge in [0.25, 0.3) is 5.91 Å². The summed E-state index contributed by atoms with van der Waals surface area (Å²) in [5, 5.41) is 0.587. The van der Waals surface area contributed by atoms with Crippen molar-refractivity contribution in [2.75, 3.05) is 13.2 Å². The lowest BCUT2D eigenvalue weighted by atomic mass is 10.1. The van der Waals surface area contributed by atoms with Crippen LogP contribution in [0.3, 0.4) is 0 Å². The standard InChI is InChI=1S/C26H20ClNO4S2/c27-20-8-12-21(13-9-20)31-17-24(29)32-22-10-6-19(7-11-22)16-23-25(30)28(26(33)34-23)15-14-18-4-2-1-3-5-18/h1-13,16H,14-15,17H2. The minimum Gasteiger partial charge on any atom is -0.482 e. The van der Waals surface area contributed by atoms with Gasteiger partial charge in [0.05, 0.1) is 4.91 Å². The highest BCUT2D eigenvalue weighted by Crippen LogP contribution is 2.33. The highest BCUT2D eigenvalue weighted by Gasteiger charge is 2.31. The van der Waals surface area contributed by atoms with Gasteiger partial charge in [-0.1, -0.05) is 78.0 Å². The van der Waals surface area contributed by atoms with Crippen LogP contribution in [-0.4, -0.2) is 34.2 Å². The maximum Gasteiger partial charge on any atom is 0.349 e. The molecule has 8 heteroatoms. The number of rotatable bonds is 8. The van der Waals surface area contributed by atoms with Crippen LogP contribution < -0.4 is 9.47 Å². The normalized spacial score (nSPS) is 14.5. The topological polar surface area (TPSA) is 55.8 Å². The van der Waals surface area contributed by atoms with Crippen LogP contribution >= 0.6 is 35.6 Å². The highest BCUT2D eigenvalue weighted by molar-refractivity contribution is 8.26. The van der Waals surface area contributed by atoms with Gasteiger partial charge in [-0.25, -0.2) is 4.79 Å². The summed E-state index contributed by atoms with van der Waals surface area (Å²) in [5.41, 5.74) is 1.96. The molecule has 1 fully saturated rings. The largest absolute Gasteiger partial charge is 0.482 e. The van der Waals surface area contributed by atoms with Crippen molar-refractivity contribution in [1.29, 1.82) is 0 Å². The van der Waals surface area contributed by atoms with Crippen molar-refractivity contribution in [3.63, 3.8) is 0 Å². The molecule has 1 aliphatic heterocycles. The Balaban J connectivity index is 1.31. The van der Waals surface area contributed by atoms with Crippen molar-refractivity contribution in [1.82, 2.24) is 4.90 Å². The van der Waals surface area contributed by atoms with Gasteiger partial charge in [0, 0.05) is 11.6 Å². The fourth-order valence-electron chi connectivity index (χ4n) is 3.20. The van der Waals surface area contributed by atoms with E-state index in [0.717, 1.165) is 17.5 Å². The molecule has 0 spiro atoms. The van der Waals surface area contributed by atoms with Crippen molar-refractivity contribution in [2.45, 2.75) is 6.42 Å². The Morgan fingerprint density at radius 1 is 0.971 bits per heavy atom. The van der Waals surface area contributed by atoms with Crippen LogP contribution in [0.1, 0.15) is 11.1 Å². The lowest BCUT2D eigenvalue weighted by Crippen LogP contribution is -2.30. The van der Waals surface area contributed by atoms with Crippen molar-refractivity contribution in [2.24, 2.45) is 0 Å². The average molecular weight is 510 g/mol. The first-order valence-corrected chi connectivity index (χ1v) is 12.1. The summed E-state index contributed by atoms with van der Waals surface area (Å²) < 4.78 is 11.2. The second-order valence-electron chi connectivity index (χ2n) is 7.35. The molecule has 34 heavy (non-hydrogen) atoms. The quantitative estimate of drug-likeness (QED) is 0.166. The minimum absolute atomic E-state index is 0.0965. The van der Waals surface area contributed by atoms with Crippen LogP contribution in [0.4, 0.5) is 0 Å². The second-order valence-corrected chi connectivity index (χ2v) is 9.47. The van der Waals surface area contributed by atoms with E-state index >= 15 is 0 Å². The molecule has 4 rings (SSSR count). The molecule has 1 heterocycles. The summed E-state index contributed by atoms with van der Waals surface area (Å²) in [6.07, 6.45) is 2.53. The number of benzene rings is 3. The van der Waals surface area contributed by atoms with E-state index in [2.05, 4.69) is 0 Å². The maximum atomic E-state index is 12.8. The molecule has 5 nitrogen and oxygen atoms in total. The van der Waals surface area contributed by atoms with Crippen LogP contribution in [-0.2, 0) is 16.0 Å². The Kier molecular flexibility index (Phi) is 8.00. The van der Waals surface area contributed by atoms with E-state index in [1.54, 1.807) is 59.5 Å². The average Bonchev–Trinajstić information content (AvgIpc) is 3.11. The molecule has 3 aromatic rings. The van der Waals surface area contributed by atoms with Gasteiger partial charge in [-0.2, -0.15) is 0 Å². The predicted molar refractivity (Wildman–Crippen MR) is 139 cm³/mol. The van der Waals surface area contributed by atoms with E-state index in [4.69, 9.17) is 33.3 Å². The third kappa shape index (κ3) is 6.47. The first-order valence-electron chi connectivity index (χ1n) is 10.5. The first-order chi connectivity index (χ1) is 16.5. The molecular formula is C26H20ClNO4S2. The van der Waals surface area contributed by atoms with Crippen LogP contribution in [0.25, 0.3) is 6.08 Å². The Labute approximate surface area is 212 Å². The van der Waals surface area contributed by atoms with Gasteiger partial charge in [-0.3, -0.25) is 9.69 Å². The Bertz CT molecular complexity index is 1210. The van der Waals surface area contributed by atoms with E-state index in [1.165, 1.54) is 11.8 Å². The van der Waals surface area contributed by atoms with Crippen molar-refractivity contribution in [3.05, 3.63) is 99.9 Å². The molecule has 0 radical (unpaired) electrons. The second kappa shape index (κ2) is 11.3. The van der Waals surface area contributed by atoms with Crippen LogP contribution in [0.15, 0.2) is 83.8 Å². The molecule has 0 atom stereocenters. The zero-order valence-electron chi connectivity index (χ0n) is 18.0. The number of carbonyl (C=O) groups is 2. The zero-order valence-corrected chi connectivity index (χ0v) is 20.4. The number of thiocarbonyl (C=S) groups is 1. The van der Waals surface area contributed by atoms with Crippen LogP contribution in [0.2, 0.25) is 5.02 Å². The Hall–Kier alpha value is -3.13. The number of ether oxygens (including phenoxy) is 2. The van der Waals surface area contributed by atoms with Gasteiger partial charge >= 0.3 is 5.97 Å². The van der Waals surface area contributed by atoms with Gasteiger partial charge in [-0.05, 0) is 60.0 Å². The highest BCUT2D eigenvalue weighted by atomic mass is 35.5. The van der Waals surface area contributed by atoms with E-state index < -0.39 is 5.97 Å². The number of esters is 1. The smallest absolute Gasteiger partial charge is 0.349 e. The number of nitrogens with zero attached hydrogens (tertiary/aromatic N) is 1. The van der Waals surface area contributed by atoms with E-state index in [1.807, 2.05) is 30.3 Å². The van der Waals surface area contributed by atoms with Gasteiger partial charge in [-0.15, -0.1) is 0 Å². The summed E-state index contributed by atoms with van der Waals surface area (Å²) >= 11 is 12.5. The molecule has 0 unspecified atom stereocenters. The summed E-state index contributed by atoms with van der Waals surface area (Å²) in [6.45, 7) is 0.313. The third-order valence-electron chi connectivity index (χ3n) is 4.92. The molecule has 172 valence electrons. The molecule has 1 amide bonds. The van der Waals surface area contributed by atoms with Crippen LogP contribution in [0.5, 0.6) is 11.5 Å². The number of hydrogen-bond acceptors (Lipinski definition) is 6. The summed E-state index contributed by atoms with van der Waals surface area (Å²) in [7, 11) is 0. The minimum atomic E-state index is -0.526. The molecule has 0 aliphatic carbocycles. The molecule has 0 N–H and O–H groups in total. The van der Waals surface area contributed by atoms with Crippen LogP contribution in [0, 0.1) is 0 Å². The summed E-state index contributed by atoms with van der Waals surface area (Å²) in [4.78, 5) is 27.1. The monoisotopic (exact) mass is 509 g/mol. The fourth-order valence-corrected chi connectivity index (χ4v) is 4.63. The van der Waals surface area contributed by atoms with Gasteiger partial charge in [0.1, 0.15) is 15.8 Å². The summed E-state index contributed by atoms with van der Waals surface area (Å²) in [5.74, 6) is 0.290. The molecular weight excluding hydrogens is 490 g/mol.